The fourth-order valence-electron chi connectivity index (χ4n) is 3.85. The van der Waals surface area contributed by atoms with Gasteiger partial charge in [0.05, 0.1) is 11.7 Å². The minimum absolute atomic E-state index is 0.282. The summed E-state index contributed by atoms with van der Waals surface area (Å²) in [4.78, 5) is 0. The lowest BCUT2D eigenvalue weighted by Gasteiger charge is -2.26. The maximum Gasteiger partial charge on any atom is 0.155 e. The highest BCUT2D eigenvalue weighted by molar-refractivity contribution is 4.91. The molecule has 1 saturated heterocycles. The largest absolute Gasteiger partial charge is 0.390 e. The van der Waals surface area contributed by atoms with Crippen LogP contribution in [0.5, 0.6) is 0 Å². The molecule has 1 saturated carbocycles. The Bertz CT molecular complexity index is 277. The van der Waals surface area contributed by atoms with Gasteiger partial charge in [-0.3, -0.25) is 0 Å². The maximum absolute atomic E-state index is 10.4. The molecule has 1 aliphatic carbocycles. The SMILES string of the molecule is CCCCCC(C)(O)CCC1CCC2OC(O)CC12. The predicted molar refractivity (Wildman–Crippen MR) is 75.7 cm³/mol. The standard InChI is InChI=1S/C16H30O3/c1-3-4-5-9-16(2,18)10-8-12-6-7-14-13(12)11-15(17)19-14/h12-15,17-18H,3-11H2,1-2H3. The molecular weight excluding hydrogens is 240 g/mol. The quantitative estimate of drug-likeness (QED) is 0.698. The van der Waals surface area contributed by atoms with Crippen molar-refractivity contribution in [2.75, 3.05) is 0 Å². The Morgan fingerprint density at radius 1 is 1.21 bits per heavy atom. The molecule has 2 N–H and O–H groups in total. The number of hydrogen-bond donors (Lipinski definition) is 2. The molecule has 0 aromatic rings. The highest BCUT2D eigenvalue weighted by atomic mass is 16.6. The van der Waals surface area contributed by atoms with Gasteiger partial charge in [0.25, 0.3) is 0 Å². The Kier molecular flexibility index (Phi) is 5.27. The van der Waals surface area contributed by atoms with Crippen LogP contribution in [-0.4, -0.2) is 28.2 Å². The molecule has 5 atom stereocenters. The zero-order valence-electron chi connectivity index (χ0n) is 12.5. The van der Waals surface area contributed by atoms with E-state index in [2.05, 4.69) is 6.92 Å². The number of ether oxygens (including phenoxy) is 1. The van der Waals surface area contributed by atoms with Crippen LogP contribution in [0.3, 0.4) is 0 Å². The smallest absolute Gasteiger partial charge is 0.155 e. The van der Waals surface area contributed by atoms with Crippen LogP contribution in [0.25, 0.3) is 0 Å². The Morgan fingerprint density at radius 2 is 2.00 bits per heavy atom. The fourth-order valence-corrected chi connectivity index (χ4v) is 3.85. The van der Waals surface area contributed by atoms with Crippen LogP contribution in [0.2, 0.25) is 0 Å². The topological polar surface area (TPSA) is 49.7 Å². The average Bonchev–Trinajstić information content (AvgIpc) is 2.86. The molecular formula is C16H30O3. The third kappa shape index (κ3) is 4.17. The summed E-state index contributed by atoms with van der Waals surface area (Å²) in [6.45, 7) is 4.17. The molecule has 1 aliphatic heterocycles. The van der Waals surface area contributed by atoms with Crippen LogP contribution in [0.15, 0.2) is 0 Å². The summed E-state index contributed by atoms with van der Waals surface area (Å²) in [6.07, 6.45) is 9.26. The van der Waals surface area contributed by atoms with E-state index in [-0.39, 0.29) is 6.10 Å². The van der Waals surface area contributed by atoms with Crippen LogP contribution >= 0.6 is 0 Å². The Labute approximate surface area is 117 Å². The maximum atomic E-state index is 10.4. The number of rotatable bonds is 7. The summed E-state index contributed by atoms with van der Waals surface area (Å²) in [7, 11) is 0. The molecule has 19 heavy (non-hydrogen) atoms. The van der Waals surface area contributed by atoms with Gasteiger partial charge in [-0.25, -0.2) is 0 Å². The average molecular weight is 270 g/mol. The molecule has 0 radical (unpaired) electrons. The molecule has 2 fully saturated rings. The fraction of sp³-hybridized carbons (Fsp3) is 1.00. The molecule has 3 heteroatoms. The van der Waals surface area contributed by atoms with Gasteiger partial charge in [0.2, 0.25) is 0 Å². The van der Waals surface area contributed by atoms with Gasteiger partial charge < -0.3 is 14.9 Å². The molecule has 3 nitrogen and oxygen atoms in total. The van der Waals surface area contributed by atoms with E-state index in [4.69, 9.17) is 4.74 Å². The van der Waals surface area contributed by atoms with E-state index in [9.17, 15) is 10.2 Å². The highest BCUT2D eigenvalue weighted by Crippen LogP contribution is 2.45. The number of hydrogen-bond acceptors (Lipinski definition) is 3. The molecule has 1 heterocycles. The van der Waals surface area contributed by atoms with Crippen molar-refractivity contribution >= 4 is 0 Å². The summed E-state index contributed by atoms with van der Waals surface area (Å²) >= 11 is 0. The van der Waals surface area contributed by atoms with Crippen LogP contribution < -0.4 is 0 Å². The molecule has 0 aromatic carbocycles. The number of unbranched alkanes of at least 4 members (excludes halogenated alkanes) is 2. The van der Waals surface area contributed by atoms with Gasteiger partial charge in [0.1, 0.15) is 0 Å². The second-order valence-electron chi connectivity index (χ2n) is 6.86. The predicted octanol–water partition coefficient (Wildman–Crippen LogP) is 3.23. The lowest BCUT2D eigenvalue weighted by Crippen LogP contribution is -2.26. The monoisotopic (exact) mass is 270 g/mol. The molecule has 2 rings (SSSR count). The number of aliphatic hydroxyl groups is 2. The van der Waals surface area contributed by atoms with Crippen molar-refractivity contribution < 1.29 is 14.9 Å². The Balaban J connectivity index is 1.73. The Morgan fingerprint density at radius 3 is 2.74 bits per heavy atom. The van der Waals surface area contributed by atoms with Gasteiger partial charge >= 0.3 is 0 Å². The lowest BCUT2D eigenvalue weighted by molar-refractivity contribution is -0.0906. The summed E-state index contributed by atoms with van der Waals surface area (Å²) in [5.74, 6) is 1.17. The summed E-state index contributed by atoms with van der Waals surface area (Å²) < 4.78 is 5.52. The van der Waals surface area contributed by atoms with Crippen molar-refractivity contribution in [1.29, 1.82) is 0 Å². The van der Waals surface area contributed by atoms with Crippen LogP contribution in [-0.2, 0) is 4.74 Å². The van der Waals surface area contributed by atoms with Gasteiger partial charge in [-0.05, 0) is 50.9 Å². The molecule has 0 aromatic heterocycles. The first-order chi connectivity index (χ1) is 9.02. The first-order valence-electron chi connectivity index (χ1n) is 8.08. The first-order valence-corrected chi connectivity index (χ1v) is 8.08. The van der Waals surface area contributed by atoms with Gasteiger partial charge in [0.15, 0.2) is 6.29 Å². The Hall–Kier alpha value is -0.120. The first kappa shape index (κ1) is 15.3. The van der Waals surface area contributed by atoms with E-state index in [1.54, 1.807) is 0 Å². The minimum atomic E-state index is -0.539. The third-order valence-corrected chi connectivity index (χ3v) is 5.08. The van der Waals surface area contributed by atoms with E-state index in [1.165, 1.54) is 19.3 Å². The van der Waals surface area contributed by atoms with Crippen LogP contribution in [0.4, 0.5) is 0 Å². The summed E-state index contributed by atoms with van der Waals surface area (Å²) in [5.41, 5.74) is -0.509. The molecule has 112 valence electrons. The second kappa shape index (κ2) is 6.55. The molecule has 0 amide bonds. The van der Waals surface area contributed by atoms with Crippen molar-refractivity contribution in [3.63, 3.8) is 0 Å². The molecule has 2 aliphatic rings. The second-order valence-corrected chi connectivity index (χ2v) is 6.86. The van der Waals surface area contributed by atoms with Crippen molar-refractivity contribution in [2.24, 2.45) is 11.8 Å². The zero-order chi connectivity index (χ0) is 13.9. The van der Waals surface area contributed by atoms with E-state index < -0.39 is 11.9 Å². The summed E-state index contributed by atoms with van der Waals surface area (Å²) in [6, 6.07) is 0. The molecule has 5 unspecified atom stereocenters. The van der Waals surface area contributed by atoms with Crippen molar-refractivity contribution in [3.8, 4) is 0 Å². The third-order valence-electron chi connectivity index (χ3n) is 5.08. The van der Waals surface area contributed by atoms with E-state index >= 15 is 0 Å². The van der Waals surface area contributed by atoms with Crippen molar-refractivity contribution in [2.45, 2.75) is 89.6 Å². The van der Waals surface area contributed by atoms with Gasteiger partial charge in [0, 0.05) is 6.42 Å². The van der Waals surface area contributed by atoms with Crippen molar-refractivity contribution in [3.05, 3.63) is 0 Å². The van der Waals surface area contributed by atoms with Crippen molar-refractivity contribution in [1.82, 2.24) is 0 Å². The molecule has 0 bridgehead atoms. The van der Waals surface area contributed by atoms with E-state index in [1.807, 2.05) is 6.92 Å². The van der Waals surface area contributed by atoms with Gasteiger partial charge in [-0.1, -0.05) is 26.2 Å². The lowest BCUT2D eigenvalue weighted by atomic mass is 9.84. The molecule has 0 spiro atoms. The minimum Gasteiger partial charge on any atom is -0.390 e. The number of aliphatic hydroxyl groups excluding tert-OH is 1. The van der Waals surface area contributed by atoms with Gasteiger partial charge in [-0.15, -0.1) is 0 Å². The normalized spacial score (nSPS) is 37.3. The van der Waals surface area contributed by atoms with E-state index in [0.29, 0.717) is 11.8 Å². The highest BCUT2D eigenvalue weighted by Gasteiger charge is 2.43. The number of fused-ring (bicyclic) bond motifs is 1. The van der Waals surface area contributed by atoms with E-state index in [0.717, 1.165) is 38.5 Å². The van der Waals surface area contributed by atoms with Crippen LogP contribution in [0.1, 0.15) is 71.6 Å². The van der Waals surface area contributed by atoms with Crippen LogP contribution in [0, 0.1) is 11.8 Å². The summed E-state index contributed by atoms with van der Waals surface area (Å²) in [5, 5.41) is 20.0. The zero-order valence-corrected chi connectivity index (χ0v) is 12.5. The van der Waals surface area contributed by atoms with Gasteiger partial charge in [-0.2, -0.15) is 0 Å².